The molecule has 1 unspecified atom stereocenters. The smallest absolute Gasteiger partial charge is 0.264 e. The van der Waals surface area contributed by atoms with Gasteiger partial charge < -0.3 is 10.2 Å². The molecule has 0 bridgehead atoms. The molecule has 208 valence electrons. The molecule has 0 radical (unpaired) electrons. The molecule has 0 spiro atoms. The molecular formula is C30H36ClN3O4S. The van der Waals surface area contributed by atoms with Gasteiger partial charge in [-0.05, 0) is 73.7 Å². The molecule has 3 rings (SSSR count). The predicted molar refractivity (Wildman–Crippen MR) is 156 cm³/mol. The van der Waals surface area contributed by atoms with Crippen LogP contribution >= 0.6 is 11.6 Å². The fraction of sp³-hybridized carbons (Fsp3) is 0.333. The Bertz CT molecular complexity index is 1410. The number of nitrogens with zero attached hydrogens (tertiary/aromatic N) is 2. The summed E-state index contributed by atoms with van der Waals surface area (Å²) in [6.45, 7) is 9.42. The highest BCUT2D eigenvalue weighted by Gasteiger charge is 2.32. The van der Waals surface area contributed by atoms with Crippen LogP contribution in [0.4, 0.5) is 5.69 Å². The highest BCUT2D eigenvalue weighted by molar-refractivity contribution is 7.92. The lowest BCUT2D eigenvalue weighted by Gasteiger charge is -2.32. The van der Waals surface area contributed by atoms with Crippen LogP contribution in [0.25, 0.3) is 0 Å². The standard InChI is InChI=1S/C30H36ClN3O4S/c1-21(2)18-32-30(36)24(5)33(19-25-11-9-10-14-28(25)31)29(35)20-34(26-16-15-22(3)23(4)17-26)39(37,38)27-12-7-6-8-13-27/h6-17,21,24H,18-20H2,1-5H3,(H,32,36). The van der Waals surface area contributed by atoms with Gasteiger partial charge in [0.15, 0.2) is 0 Å². The fourth-order valence-electron chi connectivity index (χ4n) is 3.97. The summed E-state index contributed by atoms with van der Waals surface area (Å²) in [4.78, 5) is 28.5. The summed E-state index contributed by atoms with van der Waals surface area (Å²) in [6.07, 6.45) is 0. The highest BCUT2D eigenvalue weighted by Crippen LogP contribution is 2.27. The average Bonchev–Trinajstić information content (AvgIpc) is 2.91. The van der Waals surface area contributed by atoms with E-state index in [1.165, 1.54) is 17.0 Å². The second-order valence-electron chi connectivity index (χ2n) is 10.0. The van der Waals surface area contributed by atoms with E-state index >= 15 is 0 Å². The molecule has 0 aliphatic rings. The number of rotatable bonds is 11. The number of hydrogen-bond acceptors (Lipinski definition) is 4. The van der Waals surface area contributed by atoms with Crippen LogP contribution in [0, 0.1) is 19.8 Å². The Hall–Kier alpha value is -3.36. The highest BCUT2D eigenvalue weighted by atomic mass is 35.5. The summed E-state index contributed by atoms with van der Waals surface area (Å²) in [5.41, 5.74) is 2.91. The monoisotopic (exact) mass is 569 g/mol. The van der Waals surface area contributed by atoms with E-state index in [-0.39, 0.29) is 23.3 Å². The number of aryl methyl sites for hydroxylation is 2. The number of amides is 2. The number of sulfonamides is 1. The number of hydrogen-bond donors (Lipinski definition) is 1. The van der Waals surface area contributed by atoms with E-state index in [2.05, 4.69) is 5.32 Å². The van der Waals surface area contributed by atoms with Gasteiger partial charge in [-0.2, -0.15) is 0 Å². The van der Waals surface area contributed by atoms with Crippen molar-refractivity contribution in [3.63, 3.8) is 0 Å². The third-order valence-electron chi connectivity index (χ3n) is 6.54. The van der Waals surface area contributed by atoms with Crippen LogP contribution in [0.3, 0.4) is 0 Å². The van der Waals surface area contributed by atoms with Crippen LogP contribution in [0.2, 0.25) is 5.02 Å². The Morgan fingerprint density at radius 3 is 2.15 bits per heavy atom. The molecule has 0 fully saturated rings. The zero-order chi connectivity index (χ0) is 28.7. The van der Waals surface area contributed by atoms with E-state index < -0.39 is 28.5 Å². The molecule has 3 aromatic rings. The molecule has 0 heterocycles. The quantitative estimate of drug-likeness (QED) is 0.338. The van der Waals surface area contributed by atoms with Gasteiger partial charge in [0.1, 0.15) is 12.6 Å². The second-order valence-corrected chi connectivity index (χ2v) is 12.3. The van der Waals surface area contributed by atoms with Crippen molar-refractivity contribution >= 4 is 39.1 Å². The lowest BCUT2D eigenvalue weighted by Crippen LogP contribution is -2.51. The Balaban J connectivity index is 2.03. The van der Waals surface area contributed by atoms with E-state index in [0.29, 0.717) is 22.8 Å². The summed E-state index contributed by atoms with van der Waals surface area (Å²) < 4.78 is 28.8. The van der Waals surface area contributed by atoms with Crippen molar-refractivity contribution < 1.29 is 18.0 Å². The minimum atomic E-state index is -4.10. The van der Waals surface area contributed by atoms with Crippen molar-refractivity contribution in [2.75, 3.05) is 17.4 Å². The molecule has 0 aliphatic heterocycles. The van der Waals surface area contributed by atoms with E-state index in [1.807, 2.05) is 33.8 Å². The van der Waals surface area contributed by atoms with E-state index in [1.54, 1.807) is 61.5 Å². The Labute approximate surface area is 236 Å². The lowest BCUT2D eigenvalue weighted by atomic mass is 10.1. The van der Waals surface area contributed by atoms with Gasteiger partial charge in [-0.25, -0.2) is 8.42 Å². The molecule has 0 saturated carbocycles. The molecule has 3 aromatic carbocycles. The van der Waals surface area contributed by atoms with E-state index in [9.17, 15) is 18.0 Å². The number of nitrogens with one attached hydrogen (secondary N) is 1. The van der Waals surface area contributed by atoms with Crippen molar-refractivity contribution in [1.82, 2.24) is 10.2 Å². The van der Waals surface area contributed by atoms with Crippen LogP contribution in [0.5, 0.6) is 0 Å². The Morgan fingerprint density at radius 1 is 0.897 bits per heavy atom. The number of carbonyl (C=O) groups is 2. The molecular weight excluding hydrogens is 534 g/mol. The van der Waals surface area contributed by atoms with Crippen molar-refractivity contribution in [3.05, 3.63) is 94.5 Å². The molecule has 2 amide bonds. The summed E-state index contributed by atoms with van der Waals surface area (Å²) >= 11 is 6.40. The van der Waals surface area contributed by atoms with Gasteiger partial charge in [0, 0.05) is 18.1 Å². The van der Waals surface area contributed by atoms with Crippen molar-refractivity contribution in [2.45, 2.75) is 52.1 Å². The van der Waals surface area contributed by atoms with Gasteiger partial charge >= 0.3 is 0 Å². The van der Waals surface area contributed by atoms with Crippen LogP contribution < -0.4 is 9.62 Å². The van der Waals surface area contributed by atoms with Gasteiger partial charge in [0.2, 0.25) is 11.8 Å². The largest absolute Gasteiger partial charge is 0.354 e. The maximum atomic E-state index is 14.0. The van der Waals surface area contributed by atoms with E-state index in [4.69, 9.17) is 11.6 Å². The van der Waals surface area contributed by atoms with Gasteiger partial charge in [-0.3, -0.25) is 13.9 Å². The summed E-state index contributed by atoms with van der Waals surface area (Å²) in [6, 6.07) is 19.5. The van der Waals surface area contributed by atoms with Gasteiger partial charge in [-0.1, -0.05) is 67.9 Å². The molecule has 1 N–H and O–H groups in total. The van der Waals surface area contributed by atoms with Gasteiger partial charge in [0.25, 0.3) is 10.0 Å². The van der Waals surface area contributed by atoms with Crippen LogP contribution in [-0.4, -0.2) is 44.3 Å². The maximum absolute atomic E-state index is 14.0. The molecule has 0 aromatic heterocycles. The minimum absolute atomic E-state index is 0.0426. The molecule has 0 aliphatic carbocycles. The molecule has 7 nitrogen and oxygen atoms in total. The van der Waals surface area contributed by atoms with Gasteiger partial charge in [0.05, 0.1) is 10.6 Å². The first-order valence-electron chi connectivity index (χ1n) is 12.9. The van der Waals surface area contributed by atoms with Crippen molar-refractivity contribution in [1.29, 1.82) is 0 Å². The molecule has 9 heteroatoms. The molecule has 0 saturated heterocycles. The first-order valence-corrected chi connectivity index (χ1v) is 14.7. The van der Waals surface area contributed by atoms with Crippen LogP contribution in [0.15, 0.2) is 77.7 Å². The average molecular weight is 570 g/mol. The van der Waals surface area contributed by atoms with Crippen molar-refractivity contribution in [2.24, 2.45) is 5.92 Å². The zero-order valence-corrected chi connectivity index (χ0v) is 24.6. The fourth-order valence-corrected chi connectivity index (χ4v) is 5.60. The first-order chi connectivity index (χ1) is 18.4. The topological polar surface area (TPSA) is 86.8 Å². The first kappa shape index (κ1) is 30.2. The second kappa shape index (κ2) is 13.1. The Morgan fingerprint density at radius 2 is 1.54 bits per heavy atom. The molecule has 39 heavy (non-hydrogen) atoms. The summed E-state index contributed by atoms with van der Waals surface area (Å²) in [5, 5.41) is 3.33. The lowest BCUT2D eigenvalue weighted by molar-refractivity contribution is -0.139. The predicted octanol–water partition coefficient (Wildman–Crippen LogP) is 5.34. The number of halogens is 1. The number of benzene rings is 3. The number of anilines is 1. The maximum Gasteiger partial charge on any atom is 0.264 e. The summed E-state index contributed by atoms with van der Waals surface area (Å²) in [7, 11) is -4.10. The van der Waals surface area contributed by atoms with Crippen LogP contribution in [0.1, 0.15) is 37.5 Å². The third-order valence-corrected chi connectivity index (χ3v) is 8.70. The third kappa shape index (κ3) is 7.61. The van der Waals surface area contributed by atoms with Crippen molar-refractivity contribution in [3.8, 4) is 0 Å². The van der Waals surface area contributed by atoms with Crippen LogP contribution in [-0.2, 0) is 26.2 Å². The normalized spacial score (nSPS) is 12.2. The zero-order valence-electron chi connectivity index (χ0n) is 23.0. The minimum Gasteiger partial charge on any atom is -0.354 e. The van der Waals surface area contributed by atoms with E-state index in [0.717, 1.165) is 15.4 Å². The SMILES string of the molecule is Cc1ccc(N(CC(=O)N(Cc2ccccc2Cl)C(C)C(=O)NCC(C)C)S(=O)(=O)c2ccccc2)cc1C. The summed E-state index contributed by atoms with van der Waals surface area (Å²) in [5.74, 6) is -0.627. The van der Waals surface area contributed by atoms with Gasteiger partial charge in [-0.15, -0.1) is 0 Å². The number of carbonyl (C=O) groups excluding carboxylic acids is 2. The molecule has 1 atom stereocenters. The Kier molecular flexibility index (Phi) is 10.2.